The maximum absolute atomic E-state index is 13.5. The van der Waals surface area contributed by atoms with Gasteiger partial charge in [-0.15, -0.1) is 0 Å². The van der Waals surface area contributed by atoms with E-state index in [-0.39, 0.29) is 19.0 Å². The van der Waals surface area contributed by atoms with Crippen molar-refractivity contribution in [2.75, 3.05) is 45.2 Å². The fourth-order valence-corrected chi connectivity index (χ4v) is 4.34. The SMILES string of the molecule is CN(C)CCNC(=O)CN1CC(c2cccc(C(F)(F)F)c2)N(c2ccc(Oc3ccc(Cl)cc3)cc2)C1=O. The van der Waals surface area contributed by atoms with E-state index in [2.05, 4.69) is 5.32 Å². The van der Waals surface area contributed by atoms with Gasteiger partial charge >= 0.3 is 12.2 Å². The Morgan fingerprint density at radius 1 is 1.05 bits per heavy atom. The zero-order valence-electron chi connectivity index (χ0n) is 21.4. The molecule has 3 aromatic rings. The quantitative estimate of drug-likeness (QED) is 0.359. The van der Waals surface area contributed by atoms with E-state index < -0.39 is 23.8 Å². The molecule has 1 aliphatic rings. The molecule has 11 heteroatoms. The summed E-state index contributed by atoms with van der Waals surface area (Å²) < 4.78 is 46.2. The Bertz CT molecular complexity index is 1300. The van der Waals surface area contributed by atoms with E-state index in [1.54, 1.807) is 54.6 Å². The number of hydrogen-bond donors (Lipinski definition) is 1. The number of rotatable bonds is 9. The highest BCUT2D eigenvalue weighted by Gasteiger charge is 2.41. The second kappa shape index (κ2) is 12.0. The van der Waals surface area contributed by atoms with Crippen LogP contribution in [0.5, 0.6) is 11.5 Å². The molecular formula is C28H28ClF3N4O3. The van der Waals surface area contributed by atoms with Crippen LogP contribution in [0.2, 0.25) is 5.02 Å². The molecule has 0 spiro atoms. The summed E-state index contributed by atoms with van der Waals surface area (Å²) in [6, 6.07) is 17.1. The lowest BCUT2D eigenvalue weighted by Gasteiger charge is -2.24. The molecule has 0 aromatic heterocycles. The van der Waals surface area contributed by atoms with Crippen LogP contribution in [0.4, 0.5) is 23.7 Å². The number of carbonyl (C=O) groups excluding carboxylic acids is 2. The lowest BCUT2D eigenvalue weighted by Crippen LogP contribution is -2.41. The molecular weight excluding hydrogens is 533 g/mol. The zero-order chi connectivity index (χ0) is 28.2. The minimum Gasteiger partial charge on any atom is -0.457 e. The maximum Gasteiger partial charge on any atom is 0.416 e. The first-order chi connectivity index (χ1) is 18.5. The Morgan fingerprint density at radius 2 is 1.69 bits per heavy atom. The summed E-state index contributed by atoms with van der Waals surface area (Å²) in [6.07, 6.45) is -4.53. The van der Waals surface area contributed by atoms with Crippen molar-refractivity contribution in [2.24, 2.45) is 0 Å². The average molecular weight is 561 g/mol. The number of likely N-dealkylation sites (N-methyl/N-ethyl adjacent to an activating group) is 1. The minimum absolute atomic E-state index is 0.0459. The van der Waals surface area contributed by atoms with Gasteiger partial charge in [0, 0.05) is 30.3 Å². The minimum atomic E-state index is -4.53. The van der Waals surface area contributed by atoms with Crippen molar-refractivity contribution in [3.05, 3.63) is 88.9 Å². The molecule has 0 saturated carbocycles. The summed E-state index contributed by atoms with van der Waals surface area (Å²) in [7, 11) is 3.75. The van der Waals surface area contributed by atoms with Gasteiger partial charge in [-0.25, -0.2) is 4.79 Å². The number of alkyl halides is 3. The van der Waals surface area contributed by atoms with Crippen molar-refractivity contribution in [1.82, 2.24) is 15.1 Å². The van der Waals surface area contributed by atoms with Gasteiger partial charge in [-0.05, 0) is 80.3 Å². The molecule has 1 N–H and O–H groups in total. The van der Waals surface area contributed by atoms with Gasteiger partial charge in [0.25, 0.3) is 0 Å². The largest absolute Gasteiger partial charge is 0.457 e. The Kier molecular flexibility index (Phi) is 8.66. The molecule has 39 heavy (non-hydrogen) atoms. The third-order valence-corrected chi connectivity index (χ3v) is 6.41. The number of benzene rings is 3. The van der Waals surface area contributed by atoms with Crippen LogP contribution in [0.15, 0.2) is 72.8 Å². The Labute approximate surface area is 229 Å². The predicted molar refractivity (Wildman–Crippen MR) is 143 cm³/mol. The molecule has 0 bridgehead atoms. The molecule has 7 nitrogen and oxygen atoms in total. The van der Waals surface area contributed by atoms with Crippen LogP contribution in [0.1, 0.15) is 17.2 Å². The average Bonchev–Trinajstić information content (AvgIpc) is 3.21. The van der Waals surface area contributed by atoms with Gasteiger partial charge in [0.1, 0.15) is 18.0 Å². The van der Waals surface area contributed by atoms with Gasteiger partial charge in [-0.3, -0.25) is 9.69 Å². The first-order valence-electron chi connectivity index (χ1n) is 12.2. The second-order valence-corrected chi connectivity index (χ2v) is 9.81. The molecule has 1 aliphatic heterocycles. The molecule has 0 radical (unpaired) electrons. The van der Waals surface area contributed by atoms with Gasteiger partial charge in [0.15, 0.2) is 0 Å². The molecule has 1 atom stereocenters. The topological polar surface area (TPSA) is 65.1 Å². The number of hydrogen-bond acceptors (Lipinski definition) is 4. The summed E-state index contributed by atoms with van der Waals surface area (Å²) in [6.45, 7) is 0.868. The molecule has 4 rings (SSSR count). The molecule has 0 aliphatic carbocycles. The van der Waals surface area contributed by atoms with E-state index in [1.807, 2.05) is 19.0 Å². The summed E-state index contributed by atoms with van der Waals surface area (Å²) in [4.78, 5) is 30.7. The van der Waals surface area contributed by atoms with Crippen LogP contribution in [0.3, 0.4) is 0 Å². The van der Waals surface area contributed by atoms with Crippen LogP contribution in [0, 0.1) is 0 Å². The van der Waals surface area contributed by atoms with Crippen molar-refractivity contribution in [2.45, 2.75) is 12.2 Å². The van der Waals surface area contributed by atoms with Crippen molar-refractivity contribution in [3.8, 4) is 11.5 Å². The molecule has 1 unspecified atom stereocenters. The second-order valence-electron chi connectivity index (χ2n) is 9.38. The number of nitrogens with one attached hydrogen (secondary N) is 1. The van der Waals surface area contributed by atoms with Crippen molar-refractivity contribution in [3.63, 3.8) is 0 Å². The summed E-state index contributed by atoms with van der Waals surface area (Å²) in [5.41, 5.74) is -0.0319. The van der Waals surface area contributed by atoms with E-state index in [9.17, 15) is 22.8 Å². The fraction of sp³-hybridized carbons (Fsp3) is 0.286. The van der Waals surface area contributed by atoms with Crippen molar-refractivity contribution in [1.29, 1.82) is 0 Å². The lowest BCUT2D eigenvalue weighted by molar-refractivity contribution is -0.137. The van der Waals surface area contributed by atoms with E-state index in [4.69, 9.17) is 16.3 Å². The van der Waals surface area contributed by atoms with Crippen LogP contribution < -0.4 is 15.0 Å². The molecule has 1 fully saturated rings. The smallest absolute Gasteiger partial charge is 0.416 e. The molecule has 3 aromatic carbocycles. The first-order valence-corrected chi connectivity index (χ1v) is 12.6. The summed E-state index contributed by atoms with van der Waals surface area (Å²) in [5.74, 6) is 0.722. The Balaban J connectivity index is 1.58. The number of urea groups is 1. The normalized spacial score (nSPS) is 15.7. The van der Waals surface area contributed by atoms with Crippen LogP contribution in [-0.2, 0) is 11.0 Å². The molecule has 206 valence electrons. The summed E-state index contributed by atoms with van der Waals surface area (Å²) in [5, 5.41) is 3.34. The Hall–Kier alpha value is -3.76. The molecule has 1 heterocycles. The van der Waals surface area contributed by atoms with Crippen LogP contribution in [0.25, 0.3) is 0 Å². The zero-order valence-corrected chi connectivity index (χ0v) is 22.2. The van der Waals surface area contributed by atoms with E-state index in [0.29, 0.717) is 40.9 Å². The van der Waals surface area contributed by atoms with Gasteiger partial charge in [0.2, 0.25) is 5.91 Å². The molecule has 3 amide bonds. The highest BCUT2D eigenvalue weighted by Crippen LogP contribution is 2.38. The fourth-order valence-electron chi connectivity index (χ4n) is 4.22. The van der Waals surface area contributed by atoms with Gasteiger partial charge in [-0.2, -0.15) is 13.2 Å². The highest BCUT2D eigenvalue weighted by molar-refractivity contribution is 6.30. The number of nitrogens with zero attached hydrogens (tertiary/aromatic N) is 3. The number of halogens is 4. The number of amides is 3. The third kappa shape index (κ3) is 7.21. The van der Waals surface area contributed by atoms with Crippen molar-refractivity contribution >= 4 is 29.2 Å². The lowest BCUT2D eigenvalue weighted by atomic mass is 10.0. The Morgan fingerprint density at radius 3 is 2.31 bits per heavy atom. The molecule has 1 saturated heterocycles. The monoisotopic (exact) mass is 560 g/mol. The number of ether oxygens (including phenoxy) is 1. The van der Waals surface area contributed by atoms with E-state index in [0.717, 1.165) is 12.1 Å². The van der Waals surface area contributed by atoms with Gasteiger partial charge < -0.3 is 19.9 Å². The van der Waals surface area contributed by atoms with Crippen molar-refractivity contribution < 1.29 is 27.5 Å². The third-order valence-electron chi connectivity index (χ3n) is 6.16. The maximum atomic E-state index is 13.5. The highest BCUT2D eigenvalue weighted by atomic mass is 35.5. The predicted octanol–water partition coefficient (Wildman–Crippen LogP) is 5.81. The van der Waals surface area contributed by atoms with Crippen LogP contribution in [-0.4, -0.2) is 62.0 Å². The summed E-state index contributed by atoms with van der Waals surface area (Å²) >= 11 is 5.91. The van der Waals surface area contributed by atoms with Gasteiger partial charge in [-0.1, -0.05) is 23.7 Å². The standard InChI is InChI=1S/C28H28ClF3N4O3/c1-34(2)15-14-33-26(37)18-35-17-25(19-4-3-5-20(16-19)28(30,31)32)36(27(35)38)22-8-12-24(13-9-22)39-23-10-6-21(29)7-11-23/h3-13,16,25H,14-15,17-18H2,1-2H3,(H,33,37). The number of carbonyl (C=O) groups is 2. The van der Waals surface area contributed by atoms with Crippen LogP contribution >= 0.6 is 11.6 Å². The number of anilines is 1. The first kappa shape index (κ1) is 28.3. The van der Waals surface area contributed by atoms with E-state index in [1.165, 1.54) is 15.9 Å². The van der Waals surface area contributed by atoms with Gasteiger partial charge in [0.05, 0.1) is 11.6 Å². The van der Waals surface area contributed by atoms with E-state index >= 15 is 0 Å².